The molecule has 0 heterocycles. The lowest BCUT2D eigenvalue weighted by Crippen LogP contribution is -2.34. The zero-order chi connectivity index (χ0) is 16.9. The third-order valence-corrected chi connectivity index (χ3v) is 3.39. The van der Waals surface area contributed by atoms with E-state index in [9.17, 15) is 9.59 Å². The van der Waals surface area contributed by atoms with Crippen molar-refractivity contribution in [3.63, 3.8) is 0 Å². The van der Waals surface area contributed by atoms with Gasteiger partial charge in [-0.25, -0.2) is 4.79 Å². The van der Waals surface area contributed by atoms with Crippen molar-refractivity contribution < 1.29 is 23.8 Å². The summed E-state index contributed by atoms with van der Waals surface area (Å²) >= 11 is 0. The highest BCUT2D eigenvalue weighted by atomic mass is 16.5. The number of nitrogens with one attached hydrogen (secondary N) is 1. The van der Waals surface area contributed by atoms with E-state index >= 15 is 0 Å². The van der Waals surface area contributed by atoms with Crippen molar-refractivity contribution in [3.05, 3.63) is 17.7 Å². The average molecular weight is 310 g/mol. The molecule has 0 saturated heterocycles. The molecule has 0 aliphatic carbocycles. The Morgan fingerprint density at radius 2 is 1.64 bits per heavy atom. The number of amides is 1. The number of rotatable bonds is 6. The standard InChI is InChI=1S/C15H22N2O5/c1-8(9(2)16)14(18)17-11-7-13(21-4)12(20-3)6-10(11)15(19)22-5/h6-9H,16H2,1-5H3,(H,17,18). The van der Waals surface area contributed by atoms with Crippen LogP contribution in [0.5, 0.6) is 11.5 Å². The molecule has 1 rings (SSSR count). The molecule has 0 fully saturated rings. The fourth-order valence-corrected chi connectivity index (χ4v) is 1.75. The Morgan fingerprint density at radius 3 is 2.09 bits per heavy atom. The number of anilines is 1. The van der Waals surface area contributed by atoms with Gasteiger partial charge < -0.3 is 25.3 Å². The molecule has 2 atom stereocenters. The molecule has 2 unspecified atom stereocenters. The van der Waals surface area contributed by atoms with Crippen molar-refractivity contribution in [2.45, 2.75) is 19.9 Å². The SMILES string of the molecule is COC(=O)c1cc(OC)c(OC)cc1NC(=O)C(C)C(C)N. The first-order valence-electron chi connectivity index (χ1n) is 6.76. The Balaban J connectivity index is 3.26. The lowest BCUT2D eigenvalue weighted by atomic mass is 10.0. The normalized spacial score (nSPS) is 13.0. The van der Waals surface area contributed by atoms with Crippen LogP contribution in [0.3, 0.4) is 0 Å². The minimum Gasteiger partial charge on any atom is -0.493 e. The number of esters is 1. The van der Waals surface area contributed by atoms with E-state index in [0.717, 1.165) is 0 Å². The van der Waals surface area contributed by atoms with Crippen LogP contribution in [0.15, 0.2) is 12.1 Å². The first kappa shape index (κ1) is 17.8. The number of nitrogens with two attached hydrogens (primary N) is 1. The Bertz CT molecular complexity index is 557. The van der Waals surface area contributed by atoms with Gasteiger partial charge in [0.1, 0.15) is 0 Å². The lowest BCUT2D eigenvalue weighted by Gasteiger charge is -2.18. The largest absolute Gasteiger partial charge is 0.493 e. The summed E-state index contributed by atoms with van der Waals surface area (Å²) in [6, 6.07) is 2.65. The molecule has 0 aliphatic rings. The molecular formula is C15H22N2O5. The molecular weight excluding hydrogens is 288 g/mol. The van der Waals surface area contributed by atoms with Gasteiger partial charge in [0.15, 0.2) is 11.5 Å². The fourth-order valence-electron chi connectivity index (χ4n) is 1.75. The molecule has 3 N–H and O–H groups in total. The van der Waals surface area contributed by atoms with E-state index in [-0.39, 0.29) is 23.2 Å². The summed E-state index contributed by atoms with van der Waals surface area (Å²) in [5.74, 6) is -0.560. The Labute approximate surface area is 129 Å². The van der Waals surface area contributed by atoms with Crippen molar-refractivity contribution in [2.75, 3.05) is 26.6 Å². The van der Waals surface area contributed by atoms with E-state index in [4.69, 9.17) is 19.9 Å². The molecule has 7 heteroatoms. The molecule has 1 aromatic rings. The zero-order valence-electron chi connectivity index (χ0n) is 13.4. The predicted molar refractivity (Wildman–Crippen MR) is 82.3 cm³/mol. The third kappa shape index (κ3) is 3.88. The number of benzene rings is 1. The summed E-state index contributed by atoms with van der Waals surface area (Å²) in [5.41, 5.74) is 6.17. The highest BCUT2D eigenvalue weighted by Gasteiger charge is 2.22. The quantitative estimate of drug-likeness (QED) is 0.771. The van der Waals surface area contributed by atoms with Crippen LogP contribution in [0.25, 0.3) is 0 Å². The van der Waals surface area contributed by atoms with Crippen LogP contribution in [0, 0.1) is 5.92 Å². The maximum absolute atomic E-state index is 12.2. The molecule has 0 spiro atoms. The lowest BCUT2D eigenvalue weighted by molar-refractivity contribution is -0.119. The predicted octanol–water partition coefficient (Wildman–Crippen LogP) is 1.41. The number of methoxy groups -OCH3 is 3. The van der Waals surface area contributed by atoms with Gasteiger partial charge in [-0.1, -0.05) is 6.92 Å². The van der Waals surface area contributed by atoms with E-state index in [2.05, 4.69) is 5.32 Å². The maximum Gasteiger partial charge on any atom is 0.340 e. The summed E-state index contributed by atoms with van der Waals surface area (Å²) in [7, 11) is 4.18. The van der Waals surface area contributed by atoms with Crippen molar-refractivity contribution in [1.82, 2.24) is 0 Å². The van der Waals surface area contributed by atoms with E-state index in [0.29, 0.717) is 11.5 Å². The Kier molecular flexibility index (Phi) is 6.18. The van der Waals surface area contributed by atoms with Crippen molar-refractivity contribution in [1.29, 1.82) is 0 Å². The van der Waals surface area contributed by atoms with Crippen LogP contribution in [0.1, 0.15) is 24.2 Å². The van der Waals surface area contributed by atoms with E-state index in [1.165, 1.54) is 33.5 Å². The summed E-state index contributed by atoms with van der Waals surface area (Å²) in [5, 5.41) is 2.68. The first-order valence-corrected chi connectivity index (χ1v) is 6.76. The highest BCUT2D eigenvalue weighted by Crippen LogP contribution is 2.34. The van der Waals surface area contributed by atoms with Crippen molar-refractivity contribution in [2.24, 2.45) is 11.7 Å². The second-order valence-corrected chi connectivity index (χ2v) is 4.88. The van der Waals surface area contributed by atoms with Gasteiger partial charge in [-0.15, -0.1) is 0 Å². The molecule has 0 bridgehead atoms. The molecule has 0 radical (unpaired) electrons. The van der Waals surface area contributed by atoms with E-state index in [1.807, 2.05) is 0 Å². The summed E-state index contributed by atoms with van der Waals surface area (Å²) in [4.78, 5) is 24.0. The topological polar surface area (TPSA) is 99.9 Å². The average Bonchev–Trinajstić information content (AvgIpc) is 2.52. The molecule has 0 aromatic heterocycles. The third-order valence-electron chi connectivity index (χ3n) is 3.39. The number of hydrogen-bond acceptors (Lipinski definition) is 6. The molecule has 22 heavy (non-hydrogen) atoms. The molecule has 7 nitrogen and oxygen atoms in total. The van der Waals surface area contributed by atoms with E-state index in [1.54, 1.807) is 13.8 Å². The first-order chi connectivity index (χ1) is 10.3. The minimum absolute atomic E-state index is 0.172. The van der Waals surface area contributed by atoms with Crippen LogP contribution < -0.4 is 20.5 Å². The minimum atomic E-state index is -0.593. The monoisotopic (exact) mass is 310 g/mol. The summed E-state index contributed by atoms with van der Waals surface area (Å²) in [6.45, 7) is 3.44. The van der Waals surface area contributed by atoms with Crippen LogP contribution in [0.2, 0.25) is 0 Å². The van der Waals surface area contributed by atoms with Gasteiger partial charge in [0.25, 0.3) is 0 Å². The van der Waals surface area contributed by atoms with Crippen LogP contribution >= 0.6 is 0 Å². The number of carbonyl (C=O) groups is 2. The van der Waals surface area contributed by atoms with E-state index < -0.39 is 11.9 Å². The van der Waals surface area contributed by atoms with Crippen LogP contribution in [0.4, 0.5) is 5.69 Å². The maximum atomic E-state index is 12.2. The second-order valence-electron chi connectivity index (χ2n) is 4.88. The van der Waals surface area contributed by atoms with Gasteiger partial charge >= 0.3 is 5.97 Å². The molecule has 1 amide bonds. The second kappa shape index (κ2) is 7.65. The summed E-state index contributed by atoms with van der Waals surface area (Å²) in [6.07, 6.45) is 0. The zero-order valence-corrected chi connectivity index (χ0v) is 13.4. The van der Waals surface area contributed by atoms with Gasteiger partial charge in [-0.05, 0) is 6.92 Å². The molecule has 122 valence electrons. The molecule has 0 aliphatic heterocycles. The Hall–Kier alpha value is -2.28. The number of hydrogen-bond donors (Lipinski definition) is 2. The van der Waals surface area contributed by atoms with Gasteiger partial charge in [0, 0.05) is 18.2 Å². The van der Waals surface area contributed by atoms with Gasteiger partial charge in [0.05, 0.1) is 38.5 Å². The molecule has 1 aromatic carbocycles. The summed E-state index contributed by atoms with van der Waals surface area (Å²) < 4.78 is 15.1. The van der Waals surface area contributed by atoms with Crippen molar-refractivity contribution in [3.8, 4) is 11.5 Å². The fraction of sp³-hybridized carbons (Fsp3) is 0.467. The number of carbonyl (C=O) groups excluding carboxylic acids is 2. The van der Waals surface area contributed by atoms with Crippen LogP contribution in [-0.4, -0.2) is 39.2 Å². The smallest absolute Gasteiger partial charge is 0.340 e. The Morgan fingerprint density at radius 1 is 1.09 bits per heavy atom. The van der Waals surface area contributed by atoms with Gasteiger partial charge in [0.2, 0.25) is 5.91 Å². The highest BCUT2D eigenvalue weighted by molar-refractivity contribution is 6.02. The van der Waals surface area contributed by atoms with Crippen molar-refractivity contribution >= 4 is 17.6 Å². The number of ether oxygens (including phenoxy) is 3. The molecule has 0 saturated carbocycles. The van der Waals surface area contributed by atoms with Gasteiger partial charge in [-0.2, -0.15) is 0 Å². The van der Waals surface area contributed by atoms with Gasteiger partial charge in [-0.3, -0.25) is 4.79 Å². The van der Waals surface area contributed by atoms with Crippen LogP contribution in [-0.2, 0) is 9.53 Å².